The van der Waals surface area contributed by atoms with E-state index in [2.05, 4.69) is 27.9 Å². The van der Waals surface area contributed by atoms with Crippen molar-refractivity contribution < 1.29 is 9.18 Å². The number of imidazole rings is 1. The standard InChI is InChI=1S/C27H25ClFN3OS/c1-17-6-4-5-7-24(17)32-25(21-8-12-22(28)13-9-21)16-30-27(32)34-19(3)26(33)31-18(2)20-10-14-23(29)15-11-20/h4-16,18-19H,1-3H3,(H,31,33)/t18-,19-/m1/s1. The van der Waals surface area contributed by atoms with Crippen LogP contribution in [-0.4, -0.2) is 20.7 Å². The Kier molecular flexibility index (Phi) is 7.39. The molecule has 0 saturated heterocycles. The van der Waals surface area contributed by atoms with E-state index in [1.54, 1.807) is 12.1 Å². The van der Waals surface area contributed by atoms with Gasteiger partial charge in [0.05, 0.1) is 28.9 Å². The maximum atomic E-state index is 13.2. The molecule has 0 radical (unpaired) electrons. The van der Waals surface area contributed by atoms with E-state index >= 15 is 0 Å². The minimum absolute atomic E-state index is 0.116. The molecule has 0 aliphatic rings. The summed E-state index contributed by atoms with van der Waals surface area (Å²) in [6.45, 7) is 5.79. The Hall–Kier alpha value is -3.09. The zero-order valence-electron chi connectivity index (χ0n) is 19.1. The fourth-order valence-electron chi connectivity index (χ4n) is 3.67. The van der Waals surface area contributed by atoms with Gasteiger partial charge < -0.3 is 5.32 Å². The summed E-state index contributed by atoms with van der Waals surface area (Å²) in [6.07, 6.45) is 1.82. The highest BCUT2D eigenvalue weighted by Crippen LogP contribution is 2.33. The molecule has 7 heteroatoms. The molecular formula is C27H25ClFN3OS. The third-order valence-electron chi connectivity index (χ3n) is 5.61. The van der Waals surface area contributed by atoms with E-state index in [9.17, 15) is 9.18 Å². The van der Waals surface area contributed by atoms with Gasteiger partial charge in [0, 0.05) is 10.6 Å². The second kappa shape index (κ2) is 10.5. The van der Waals surface area contributed by atoms with Crippen LogP contribution < -0.4 is 5.32 Å². The highest BCUT2D eigenvalue weighted by atomic mass is 35.5. The number of nitrogens with one attached hydrogen (secondary N) is 1. The maximum absolute atomic E-state index is 13.2. The molecule has 1 amide bonds. The lowest BCUT2D eigenvalue weighted by Gasteiger charge is -2.19. The molecule has 0 aliphatic carbocycles. The van der Waals surface area contributed by atoms with Crippen LogP contribution >= 0.6 is 23.4 Å². The molecule has 1 heterocycles. The monoisotopic (exact) mass is 493 g/mol. The Bertz CT molecular complexity index is 1290. The molecule has 4 nitrogen and oxygen atoms in total. The van der Waals surface area contributed by atoms with E-state index in [0.29, 0.717) is 5.02 Å². The van der Waals surface area contributed by atoms with Crippen molar-refractivity contribution in [2.45, 2.75) is 37.2 Å². The lowest BCUT2D eigenvalue weighted by atomic mass is 10.1. The SMILES string of the molecule is Cc1ccccc1-n1c(-c2ccc(Cl)cc2)cnc1S[C@H](C)C(=O)N[C@H](C)c1ccc(F)cc1. The first kappa shape index (κ1) is 24.0. The lowest BCUT2D eigenvalue weighted by molar-refractivity contribution is -0.120. The van der Waals surface area contributed by atoms with Crippen LogP contribution in [0.2, 0.25) is 5.02 Å². The number of para-hydroxylation sites is 1. The third-order valence-corrected chi connectivity index (χ3v) is 6.92. The average Bonchev–Trinajstić information content (AvgIpc) is 3.23. The molecule has 0 unspecified atom stereocenters. The van der Waals surface area contributed by atoms with Crippen molar-refractivity contribution in [2.75, 3.05) is 0 Å². The number of amides is 1. The van der Waals surface area contributed by atoms with Gasteiger partial charge in [-0.1, -0.05) is 65.8 Å². The normalized spacial score (nSPS) is 12.9. The minimum Gasteiger partial charge on any atom is -0.349 e. The Balaban J connectivity index is 1.61. The van der Waals surface area contributed by atoms with Gasteiger partial charge in [0.15, 0.2) is 5.16 Å². The molecule has 2 atom stereocenters. The third kappa shape index (κ3) is 5.34. The molecule has 0 spiro atoms. The summed E-state index contributed by atoms with van der Waals surface area (Å²) in [6, 6.07) is 21.6. The van der Waals surface area contributed by atoms with E-state index in [1.165, 1.54) is 23.9 Å². The first-order valence-electron chi connectivity index (χ1n) is 11.0. The molecule has 4 rings (SSSR count). The quantitative estimate of drug-likeness (QED) is 0.282. The van der Waals surface area contributed by atoms with Crippen molar-refractivity contribution in [3.05, 3.63) is 101 Å². The van der Waals surface area contributed by atoms with E-state index in [1.807, 2.05) is 62.5 Å². The molecule has 0 bridgehead atoms. The number of nitrogens with zero attached hydrogens (tertiary/aromatic N) is 2. The molecule has 1 N–H and O–H groups in total. The summed E-state index contributed by atoms with van der Waals surface area (Å²) in [5.74, 6) is -0.417. The number of benzene rings is 3. The van der Waals surface area contributed by atoms with Crippen LogP contribution in [0.4, 0.5) is 4.39 Å². The fraction of sp³-hybridized carbons (Fsp3) is 0.185. The summed E-state index contributed by atoms with van der Waals surface area (Å²) in [4.78, 5) is 17.6. The molecule has 174 valence electrons. The molecule has 1 aromatic heterocycles. The fourth-order valence-corrected chi connectivity index (χ4v) is 4.70. The zero-order valence-corrected chi connectivity index (χ0v) is 20.7. The first-order chi connectivity index (χ1) is 16.3. The van der Waals surface area contributed by atoms with Crippen LogP contribution in [-0.2, 0) is 4.79 Å². The molecule has 34 heavy (non-hydrogen) atoms. The molecule has 0 fully saturated rings. The highest BCUT2D eigenvalue weighted by Gasteiger charge is 2.22. The number of hydrogen-bond donors (Lipinski definition) is 1. The van der Waals surface area contributed by atoms with Gasteiger partial charge in [0.1, 0.15) is 5.82 Å². The van der Waals surface area contributed by atoms with Crippen LogP contribution in [0.5, 0.6) is 0 Å². The topological polar surface area (TPSA) is 46.9 Å². The second-order valence-corrected chi connectivity index (χ2v) is 9.84. The maximum Gasteiger partial charge on any atom is 0.233 e. The smallest absolute Gasteiger partial charge is 0.233 e. The van der Waals surface area contributed by atoms with Crippen molar-refractivity contribution in [1.82, 2.24) is 14.9 Å². The number of rotatable bonds is 7. The van der Waals surface area contributed by atoms with Crippen LogP contribution in [0.15, 0.2) is 84.1 Å². The summed E-state index contributed by atoms with van der Waals surface area (Å²) in [7, 11) is 0. The molecule has 4 aromatic rings. The molecular weight excluding hydrogens is 469 g/mol. The van der Waals surface area contributed by atoms with Crippen LogP contribution in [0.1, 0.15) is 31.0 Å². The van der Waals surface area contributed by atoms with Gasteiger partial charge in [-0.15, -0.1) is 0 Å². The van der Waals surface area contributed by atoms with Gasteiger partial charge in [-0.25, -0.2) is 9.37 Å². The number of aromatic nitrogens is 2. The van der Waals surface area contributed by atoms with Gasteiger partial charge in [-0.05, 0) is 62.2 Å². The van der Waals surface area contributed by atoms with Crippen molar-refractivity contribution in [3.8, 4) is 16.9 Å². The average molecular weight is 494 g/mol. The molecule has 3 aromatic carbocycles. The van der Waals surface area contributed by atoms with E-state index in [-0.39, 0.29) is 17.8 Å². The predicted molar refractivity (Wildman–Crippen MR) is 137 cm³/mol. The first-order valence-corrected chi connectivity index (χ1v) is 12.2. The zero-order chi connectivity index (χ0) is 24.2. The molecule has 0 aliphatic heterocycles. The molecule has 0 saturated carbocycles. The second-order valence-electron chi connectivity index (χ2n) is 8.10. The number of halogens is 2. The van der Waals surface area contributed by atoms with Gasteiger partial charge in [0.2, 0.25) is 5.91 Å². The summed E-state index contributed by atoms with van der Waals surface area (Å²) in [5, 5.41) is 4.01. The largest absolute Gasteiger partial charge is 0.349 e. The van der Waals surface area contributed by atoms with Gasteiger partial charge in [0.25, 0.3) is 0 Å². The van der Waals surface area contributed by atoms with E-state index in [0.717, 1.165) is 33.2 Å². The van der Waals surface area contributed by atoms with E-state index < -0.39 is 5.25 Å². The Morgan fingerprint density at radius 2 is 1.71 bits per heavy atom. The van der Waals surface area contributed by atoms with Crippen LogP contribution in [0.3, 0.4) is 0 Å². The number of hydrogen-bond acceptors (Lipinski definition) is 3. The minimum atomic E-state index is -0.397. The Labute approximate surface area is 208 Å². The van der Waals surface area contributed by atoms with Crippen LogP contribution in [0.25, 0.3) is 16.9 Å². The van der Waals surface area contributed by atoms with Crippen molar-refractivity contribution in [3.63, 3.8) is 0 Å². The van der Waals surface area contributed by atoms with Crippen molar-refractivity contribution in [1.29, 1.82) is 0 Å². The summed E-state index contributed by atoms with van der Waals surface area (Å²) in [5.41, 5.74) is 4.84. The summed E-state index contributed by atoms with van der Waals surface area (Å²) < 4.78 is 15.3. The predicted octanol–water partition coefficient (Wildman–Crippen LogP) is 7.00. The van der Waals surface area contributed by atoms with E-state index in [4.69, 9.17) is 11.6 Å². The van der Waals surface area contributed by atoms with Gasteiger partial charge >= 0.3 is 0 Å². The van der Waals surface area contributed by atoms with Crippen molar-refractivity contribution in [2.24, 2.45) is 0 Å². The number of carbonyl (C=O) groups is 1. The Morgan fingerprint density at radius 1 is 1.03 bits per heavy atom. The number of carbonyl (C=O) groups excluding carboxylic acids is 1. The lowest BCUT2D eigenvalue weighted by Crippen LogP contribution is -2.33. The summed E-state index contributed by atoms with van der Waals surface area (Å²) >= 11 is 7.49. The Morgan fingerprint density at radius 3 is 2.38 bits per heavy atom. The number of thioether (sulfide) groups is 1. The number of aryl methyl sites for hydroxylation is 1. The highest BCUT2D eigenvalue weighted by molar-refractivity contribution is 8.00. The van der Waals surface area contributed by atoms with Crippen LogP contribution in [0, 0.1) is 12.7 Å². The van der Waals surface area contributed by atoms with Gasteiger partial charge in [-0.3, -0.25) is 9.36 Å². The van der Waals surface area contributed by atoms with Crippen molar-refractivity contribution >= 4 is 29.3 Å². The van der Waals surface area contributed by atoms with Gasteiger partial charge in [-0.2, -0.15) is 0 Å².